The van der Waals surface area contributed by atoms with E-state index in [4.69, 9.17) is 10.00 Å². The van der Waals surface area contributed by atoms with Crippen molar-refractivity contribution >= 4 is 16.6 Å². The van der Waals surface area contributed by atoms with E-state index in [-0.39, 0.29) is 6.10 Å². The first-order valence-corrected chi connectivity index (χ1v) is 6.44. The van der Waals surface area contributed by atoms with Crippen molar-refractivity contribution < 1.29 is 4.74 Å². The topological polar surface area (TPSA) is 49.2 Å². The number of benzene rings is 1. The second-order valence-corrected chi connectivity index (χ2v) is 4.77. The van der Waals surface area contributed by atoms with Gasteiger partial charge in [-0.1, -0.05) is 0 Å². The van der Waals surface area contributed by atoms with Crippen LogP contribution in [0.2, 0.25) is 0 Å². The van der Waals surface area contributed by atoms with E-state index in [0.29, 0.717) is 5.56 Å². The van der Waals surface area contributed by atoms with Gasteiger partial charge in [0, 0.05) is 30.4 Å². The number of nitrogens with zero attached hydrogens (tertiary/aromatic N) is 3. The Morgan fingerprint density at radius 2 is 2.32 bits per heavy atom. The van der Waals surface area contributed by atoms with Gasteiger partial charge in [-0.05, 0) is 31.2 Å². The standard InChI is InChI=1S/C15H15N3O/c1-11-10-18(7-8-19-11)14-5-4-12(9-16)15-13(14)3-2-6-17-15/h2-6,11H,7-8,10H2,1H3/t11-/m0/s1. The summed E-state index contributed by atoms with van der Waals surface area (Å²) in [6, 6.07) is 10.0. The molecule has 0 unspecified atom stereocenters. The molecule has 1 aromatic carbocycles. The van der Waals surface area contributed by atoms with E-state index in [1.165, 1.54) is 0 Å². The smallest absolute Gasteiger partial charge is 0.101 e. The molecule has 0 bridgehead atoms. The van der Waals surface area contributed by atoms with Crippen molar-refractivity contribution in [2.75, 3.05) is 24.6 Å². The highest BCUT2D eigenvalue weighted by Crippen LogP contribution is 2.29. The summed E-state index contributed by atoms with van der Waals surface area (Å²) < 4.78 is 5.58. The summed E-state index contributed by atoms with van der Waals surface area (Å²) in [6.07, 6.45) is 1.96. The first-order chi connectivity index (χ1) is 9.29. The quantitative estimate of drug-likeness (QED) is 0.782. The lowest BCUT2D eigenvalue weighted by Crippen LogP contribution is -2.41. The van der Waals surface area contributed by atoms with Crippen LogP contribution in [0.1, 0.15) is 12.5 Å². The molecule has 96 valence electrons. The minimum atomic E-state index is 0.233. The van der Waals surface area contributed by atoms with Crippen molar-refractivity contribution in [2.45, 2.75) is 13.0 Å². The maximum atomic E-state index is 9.16. The minimum absolute atomic E-state index is 0.233. The summed E-state index contributed by atoms with van der Waals surface area (Å²) in [4.78, 5) is 6.65. The Morgan fingerprint density at radius 3 is 3.11 bits per heavy atom. The predicted octanol–water partition coefficient (Wildman–Crippen LogP) is 2.33. The summed E-state index contributed by atoms with van der Waals surface area (Å²) in [5, 5.41) is 10.2. The molecule has 3 rings (SSSR count). The molecule has 1 atom stereocenters. The highest BCUT2D eigenvalue weighted by atomic mass is 16.5. The molecule has 0 radical (unpaired) electrons. The van der Waals surface area contributed by atoms with E-state index in [1.54, 1.807) is 6.20 Å². The molecular formula is C15H15N3O. The van der Waals surface area contributed by atoms with E-state index in [2.05, 4.69) is 22.9 Å². The third kappa shape index (κ3) is 2.13. The van der Waals surface area contributed by atoms with Crippen molar-refractivity contribution in [3.05, 3.63) is 36.0 Å². The molecule has 0 N–H and O–H groups in total. The van der Waals surface area contributed by atoms with Crippen molar-refractivity contribution in [1.82, 2.24) is 4.98 Å². The average molecular weight is 253 g/mol. The minimum Gasteiger partial charge on any atom is -0.375 e. The fourth-order valence-corrected chi connectivity index (χ4v) is 2.56. The third-order valence-corrected chi connectivity index (χ3v) is 3.45. The molecule has 1 fully saturated rings. The van der Waals surface area contributed by atoms with Crippen LogP contribution in [0.4, 0.5) is 5.69 Å². The van der Waals surface area contributed by atoms with Crippen LogP contribution >= 0.6 is 0 Å². The van der Waals surface area contributed by atoms with Crippen LogP contribution in [0.5, 0.6) is 0 Å². The number of nitriles is 1. The third-order valence-electron chi connectivity index (χ3n) is 3.45. The largest absolute Gasteiger partial charge is 0.375 e. The summed E-state index contributed by atoms with van der Waals surface area (Å²) >= 11 is 0. The van der Waals surface area contributed by atoms with Gasteiger partial charge >= 0.3 is 0 Å². The molecule has 1 aliphatic rings. The highest BCUT2D eigenvalue weighted by molar-refractivity contribution is 5.95. The summed E-state index contributed by atoms with van der Waals surface area (Å²) in [5.41, 5.74) is 2.54. The number of ether oxygens (including phenoxy) is 1. The van der Waals surface area contributed by atoms with Crippen LogP contribution in [0, 0.1) is 11.3 Å². The number of morpholine rings is 1. The zero-order valence-corrected chi connectivity index (χ0v) is 10.8. The molecule has 0 aliphatic carbocycles. The number of anilines is 1. The zero-order valence-electron chi connectivity index (χ0n) is 10.8. The fraction of sp³-hybridized carbons (Fsp3) is 0.333. The number of hydrogen-bond donors (Lipinski definition) is 0. The maximum Gasteiger partial charge on any atom is 0.101 e. The van der Waals surface area contributed by atoms with Crippen LogP contribution in [0.25, 0.3) is 10.9 Å². The Balaban J connectivity index is 2.12. The summed E-state index contributed by atoms with van der Waals surface area (Å²) in [5.74, 6) is 0. The molecule has 0 saturated carbocycles. The Morgan fingerprint density at radius 1 is 1.42 bits per heavy atom. The van der Waals surface area contributed by atoms with Gasteiger partial charge in [0.2, 0.25) is 0 Å². The highest BCUT2D eigenvalue weighted by Gasteiger charge is 2.19. The Kier molecular flexibility index (Phi) is 3.06. The van der Waals surface area contributed by atoms with Crippen molar-refractivity contribution in [3.63, 3.8) is 0 Å². The lowest BCUT2D eigenvalue weighted by molar-refractivity contribution is 0.0533. The van der Waals surface area contributed by atoms with Gasteiger partial charge in [0.1, 0.15) is 6.07 Å². The van der Waals surface area contributed by atoms with Gasteiger partial charge in [-0.25, -0.2) is 0 Å². The zero-order chi connectivity index (χ0) is 13.2. The van der Waals surface area contributed by atoms with Gasteiger partial charge in [-0.15, -0.1) is 0 Å². The normalized spacial score (nSPS) is 19.4. The molecule has 4 nitrogen and oxygen atoms in total. The van der Waals surface area contributed by atoms with Crippen molar-refractivity contribution in [1.29, 1.82) is 5.26 Å². The van der Waals surface area contributed by atoms with E-state index in [1.807, 2.05) is 24.3 Å². The maximum absolute atomic E-state index is 9.16. The fourth-order valence-electron chi connectivity index (χ4n) is 2.56. The van der Waals surface area contributed by atoms with Gasteiger partial charge in [0.05, 0.1) is 23.8 Å². The lowest BCUT2D eigenvalue weighted by Gasteiger charge is -2.33. The van der Waals surface area contributed by atoms with Crippen LogP contribution in [-0.2, 0) is 4.74 Å². The molecule has 1 saturated heterocycles. The van der Waals surface area contributed by atoms with Crippen LogP contribution in [-0.4, -0.2) is 30.8 Å². The van der Waals surface area contributed by atoms with Gasteiger partial charge in [-0.2, -0.15) is 5.26 Å². The molecule has 4 heteroatoms. The molecule has 1 aliphatic heterocycles. The number of hydrogen-bond acceptors (Lipinski definition) is 4. The molecular weight excluding hydrogens is 238 g/mol. The van der Waals surface area contributed by atoms with Gasteiger partial charge < -0.3 is 9.64 Å². The average Bonchev–Trinajstić information content (AvgIpc) is 2.46. The molecule has 0 amide bonds. The van der Waals surface area contributed by atoms with E-state index >= 15 is 0 Å². The van der Waals surface area contributed by atoms with Crippen molar-refractivity contribution in [2.24, 2.45) is 0 Å². The lowest BCUT2D eigenvalue weighted by atomic mass is 10.1. The molecule has 19 heavy (non-hydrogen) atoms. The second-order valence-electron chi connectivity index (χ2n) is 4.77. The monoisotopic (exact) mass is 253 g/mol. The van der Waals surface area contributed by atoms with E-state index < -0.39 is 0 Å². The predicted molar refractivity (Wildman–Crippen MR) is 74.1 cm³/mol. The van der Waals surface area contributed by atoms with Crippen molar-refractivity contribution in [3.8, 4) is 6.07 Å². The summed E-state index contributed by atoms with van der Waals surface area (Å²) in [6.45, 7) is 4.56. The van der Waals surface area contributed by atoms with Gasteiger partial charge in [-0.3, -0.25) is 4.98 Å². The van der Waals surface area contributed by atoms with Crippen LogP contribution < -0.4 is 4.90 Å². The Labute approximate surface area is 112 Å². The Hall–Kier alpha value is -2.12. The number of fused-ring (bicyclic) bond motifs is 1. The number of pyridine rings is 1. The van der Waals surface area contributed by atoms with Crippen LogP contribution in [0.3, 0.4) is 0 Å². The molecule has 2 aromatic rings. The molecule has 2 heterocycles. The Bertz CT molecular complexity index is 647. The number of rotatable bonds is 1. The molecule has 1 aromatic heterocycles. The van der Waals surface area contributed by atoms with Gasteiger partial charge in [0.25, 0.3) is 0 Å². The SMILES string of the molecule is C[C@H]1CN(c2ccc(C#N)c3ncccc23)CCO1. The second kappa shape index (κ2) is 4.87. The summed E-state index contributed by atoms with van der Waals surface area (Å²) in [7, 11) is 0. The molecule has 0 spiro atoms. The first-order valence-electron chi connectivity index (χ1n) is 6.44. The van der Waals surface area contributed by atoms with Crippen LogP contribution in [0.15, 0.2) is 30.5 Å². The van der Waals surface area contributed by atoms with E-state index in [0.717, 1.165) is 36.3 Å². The number of aromatic nitrogens is 1. The first kappa shape index (κ1) is 11.9. The van der Waals surface area contributed by atoms with E-state index in [9.17, 15) is 0 Å². The van der Waals surface area contributed by atoms with Gasteiger partial charge in [0.15, 0.2) is 0 Å².